The lowest BCUT2D eigenvalue weighted by Crippen LogP contribution is -1.63. The van der Waals surface area contributed by atoms with Crippen LogP contribution in [0.15, 0.2) is 39.6 Å². The van der Waals surface area contributed by atoms with Crippen LogP contribution in [0.5, 0.6) is 0 Å². The largest absolute Gasteiger partial charge is 0.472 e. The van der Waals surface area contributed by atoms with Gasteiger partial charge in [0.25, 0.3) is 0 Å². The van der Waals surface area contributed by atoms with Crippen molar-refractivity contribution in [3.63, 3.8) is 0 Å². The van der Waals surface area contributed by atoms with Crippen LogP contribution in [0, 0.1) is 6.92 Å². The summed E-state index contributed by atoms with van der Waals surface area (Å²) in [6.45, 7) is 1.92. The van der Waals surface area contributed by atoms with Gasteiger partial charge in [0.05, 0.1) is 11.8 Å². The third-order valence-electron chi connectivity index (χ3n) is 1.55. The molecule has 0 N–H and O–H groups in total. The molecule has 0 aliphatic rings. The summed E-state index contributed by atoms with van der Waals surface area (Å²) in [5, 5.41) is 0. The van der Waals surface area contributed by atoms with Crippen molar-refractivity contribution in [3.8, 4) is 11.3 Å². The first-order chi connectivity index (χ1) is 5.36. The SMILES string of the molecule is Cc1ccc(-c2ccoc2)o1. The van der Waals surface area contributed by atoms with E-state index in [9.17, 15) is 0 Å². The summed E-state index contributed by atoms with van der Waals surface area (Å²) >= 11 is 0. The molecule has 2 rings (SSSR count). The summed E-state index contributed by atoms with van der Waals surface area (Å²) in [6, 6.07) is 5.74. The van der Waals surface area contributed by atoms with Crippen molar-refractivity contribution >= 4 is 0 Å². The average Bonchev–Trinajstić information content (AvgIpc) is 2.55. The highest BCUT2D eigenvalue weighted by Gasteiger charge is 2.01. The summed E-state index contributed by atoms with van der Waals surface area (Å²) in [5.74, 6) is 1.78. The summed E-state index contributed by atoms with van der Waals surface area (Å²) in [7, 11) is 0. The highest BCUT2D eigenvalue weighted by Crippen LogP contribution is 2.21. The predicted molar refractivity (Wildman–Crippen MR) is 41.1 cm³/mol. The molecule has 0 unspecified atom stereocenters. The van der Waals surface area contributed by atoms with Gasteiger partial charge >= 0.3 is 0 Å². The van der Waals surface area contributed by atoms with E-state index in [-0.39, 0.29) is 0 Å². The second-order valence-corrected chi connectivity index (χ2v) is 2.42. The minimum atomic E-state index is 0.858. The van der Waals surface area contributed by atoms with E-state index in [1.54, 1.807) is 12.5 Å². The summed E-state index contributed by atoms with van der Waals surface area (Å²) in [5.41, 5.74) is 0.984. The standard InChI is InChI=1S/C9H8O2/c1-7-2-3-9(11-7)8-4-5-10-6-8/h2-6H,1H3. The van der Waals surface area contributed by atoms with Crippen molar-refractivity contribution in [2.45, 2.75) is 6.92 Å². The van der Waals surface area contributed by atoms with E-state index < -0.39 is 0 Å². The monoisotopic (exact) mass is 148 g/mol. The summed E-state index contributed by atoms with van der Waals surface area (Å²) in [4.78, 5) is 0. The van der Waals surface area contributed by atoms with Gasteiger partial charge in [-0.25, -0.2) is 0 Å². The molecule has 0 aliphatic carbocycles. The highest BCUT2D eigenvalue weighted by atomic mass is 16.3. The van der Waals surface area contributed by atoms with Crippen LogP contribution in [-0.4, -0.2) is 0 Å². The van der Waals surface area contributed by atoms with Gasteiger partial charge in [-0.2, -0.15) is 0 Å². The van der Waals surface area contributed by atoms with Gasteiger partial charge in [-0.05, 0) is 25.1 Å². The summed E-state index contributed by atoms with van der Waals surface area (Å²) in [6.07, 6.45) is 3.30. The first kappa shape index (κ1) is 6.28. The molecule has 0 aromatic carbocycles. The van der Waals surface area contributed by atoms with E-state index in [1.165, 1.54) is 0 Å². The van der Waals surface area contributed by atoms with Crippen LogP contribution in [0.1, 0.15) is 5.76 Å². The topological polar surface area (TPSA) is 26.3 Å². The lowest BCUT2D eigenvalue weighted by molar-refractivity contribution is 0.542. The first-order valence-corrected chi connectivity index (χ1v) is 3.45. The molecule has 2 heteroatoms. The van der Waals surface area contributed by atoms with Crippen LogP contribution in [0.25, 0.3) is 11.3 Å². The lowest BCUT2D eigenvalue weighted by Gasteiger charge is -1.86. The fraction of sp³-hybridized carbons (Fsp3) is 0.111. The van der Waals surface area contributed by atoms with E-state index in [0.29, 0.717) is 0 Å². The zero-order valence-electron chi connectivity index (χ0n) is 6.20. The van der Waals surface area contributed by atoms with Crippen molar-refractivity contribution in [3.05, 3.63) is 36.5 Å². The number of rotatable bonds is 1. The molecular weight excluding hydrogens is 140 g/mol. The maximum Gasteiger partial charge on any atom is 0.137 e. The van der Waals surface area contributed by atoms with Crippen LogP contribution in [0.4, 0.5) is 0 Å². The zero-order chi connectivity index (χ0) is 7.68. The normalized spacial score (nSPS) is 10.3. The van der Waals surface area contributed by atoms with Crippen LogP contribution in [0.3, 0.4) is 0 Å². The molecule has 2 aromatic rings. The van der Waals surface area contributed by atoms with Gasteiger partial charge in [0, 0.05) is 0 Å². The van der Waals surface area contributed by atoms with Crippen molar-refractivity contribution in [1.29, 1.82) is 0 Å². The Hall–Kier alpha value is -1.44. The molecule has 0 amide bonds. The quantitative estimate of drug-likeness (QED) is 0.621. The molecule has 0 radical (unpaired) electrons. The Morgan fingerprint density at radius 1 is 1.18 bits per heavy atom. The molecule has 0 saturated carbocycles. The fourth-order valence-electron chi connectivity index (χ4n) is 0.994. The number of furan rings is 2. The van der Waals surface area contributed by atoms with Crippen LogP contribution < -0.4 is 0 Å². The van der Waals surface area contributed by atoms with E-state index >= 15 is 0 Å². The van der Waals surface area contributed by atoms with Crippen molar-refractivity contribution in [2.75, 3.05) is 0 Å². The third-order valence-corrected chi connectivity index (χ3v) is 1.55. The highest BCUT2D eigenvalue weighted by molar-refractivity contribution is 5.55. The van der Waals surface area contributed by atoms with Gasteiger partial charge in [-0.1, -0.05) is 0 Å². The molecule has 56 valence electrons. The average molecular weight is 148 g/mol. The van der Waals surface area contributed by atoms with E-state index in [1.807, 2.05) is 25.1 Å². The van der Waals surface area contributed by atoms with Crippen LogP contribution in [-0.2, 0) is 0 Å². The van der Waals surface area contributed by atoms with Gasteiger partial charge in [0.15, 0.2) is 0 Å². The number of hydrogen-bond acceptors (Lipinski definition) is 2. The minimum Gasteiger partial charge on any atom is -0.472 e. The van der Waals surface area contributed by atoms with Crippen molar-refractivity contribution in [1.82, 2.24) is 0 Å². The van der Waals surface area contributed by atoms with Gasteiger partial charge in [-0.3, -0.25) is 0 Å². The molecule has 2 nitrogen and oxygen atoms in total. The Kier molecular flexibility index (Phi) is 1.32. The van der Waals surface area contributed by atoms with Crippen LogP contribution in [0.2, 0.25) is 0 Å². The van der Waals surface area contributed by atoms with Gasteiger partial charge in [0.2, 0.25) is 0 Å². The van der Waals surface area contributed by atoms with Gasteiger partial charge < -0.3 is 8.83 Å². The molecule has 0 spiro atoms. The molecule has 2 heterocycles. The molecule has 11 heavy (non-hydrogen) atoms. The molecule has 2 aromatic heterocycles. The molecule has 0 fully saturated rings. The van der Waals surface area contributed by atoms with E-state index in [4.69, 9.17) is 8.83 Å². The van der Waals surface area contributed by atoms with Gasteiger partial charge in [0.1, 0.15) is 17.8 Å². The Bertz CT molecular complexity index is 330. The second-order valence-electron chi connectivity index (χ2n) is 2.42. The van der Waals surface area contributed by atoms with E-state index in [2.05, 4.69) is 0 Å². The lowest BCUT2D eigenvalue weighted by atomic mass is 10.3. The van der Waals surface area contributed by atoms with Gasteiger partial charge in [-0.15, -0.1) is 0 Å². The molecule has 0 atom stereocenters. The molecular formula is C9H8O2. The predicted octanol–water partition coefficient (Wildman–Crippen LogP) is 2.85. The zero-order valence-corrected chi connectivity index (χ0v) is 6.20. The molecule has 0 saturated heterocycles. The Labute approximate surface area is 64.4 Å². The molecule has 0 bridgehead atoms. The number of aryl methyl sites for hydroxylation is 1. The van der Waals surface area contributed by atoms with Crippen LogP contribution >= 0.6 is 0 Å². The number of hydrogen-bond donors (Lipinski definition) is 0. The Morgan fingerprint density at radius 3 is 2.64 bits per heavy atom. The van der Waals surface area contributed by atoms with Crippen molar-refractivity contribution < 1.29 is 8.83 Å². The minimum absolute atomic E-state index is 0.858. The third kappa shape index (κ3) is 1.07. The first-order valence-electron chi connectivity index (χ1n) is 3.45. The van der Waals surface area contributed by atoms with E-state index in [0.717, 1.165) is 17.1 Å². The second kappa shape index (κ2) is 2.31. The Balaban J connectivity index is 2.45. The maximum absolute atomic E-state index is 5.37. The smallest absolute Gasteiger partial charge is 0.137 e. The fourth-order valence-corrected chi connectivity index (χ4v) is 0.994. The maximum atomic E-state index is 5.37. The Morgan fingerprint density at radius 2 is 2.09 bits per heavy atom. The molecule has 0 aliphatic heterocycles. The summed E-state index contributed by atoms with van der Waals surface area (Å²) < 4.78 is 10.3. The van der Waals surface area contributed by atoms with Crippen molar-refractivity contribution in [2.24, 2.45) is 0 Å².